The third-order valence-corrected chi connectivity index (χ3v) is 7.09. The topological polar surface area (TPSA) is 30.7 Å². The normalized spacial score (nSPS) is 12.8. The molecule has 208 valence electrons. The number of carbonyl (C=O) groups is 1. The molecule has 1 aromatic carbocycles. The minimum absolute atomic E-state index is 0.0132. The lowest BCUT2D eigenvalue weighted by molar-refractivity contribution is -0.886. The fourth-order valence-corrected chi connectivity index (χ4v) is 4.73. The van der Waals surface area contributed by atoms with Crippen molar-refractivity contribution in [1.82, 2.24) is 0 Å². The van der Waals surface area contributed by atoms with Gasteiger partial charge >= 0.3 is 6.18 Å². The van der Waals surface area contributed by atoms with E-state index in [2.05, 4.69) is 21.0 Å². The Labute approximate surface area is 218 Å². The quantitative estimate of drug-likeness (QED) is 0.126. The molecule has 0 radical (unpaired) electrons. The van der Waals surface area contributed by atoms with Crippen LogP contribution in [-0.2, 0) is 0 Å². The molecule has 0 amide bonds. The number of ketones is 1. The summed E-state index contributed by atoms with van der Waals surface area (Å²) in [6.07, 6.45) is 17.1. The van der Waals surface area contributed by atoms with Crippen LogP contribution in [0.15, 0.2) is 24.3 Å². The molecule has 0 bridgehead atoms. The Kier molecular flexibility index (Phi) is 17.6. The SMILES string of the molecule is CCCCCCCCCCCCCCCCCC(CCOc1ccccc1C(=O)C(F)(F)F)[NH+](C)C. The van der Waals surface area contributed by atoms with E-state index >= 15 is 0 Å². The van der Waals surface area contributed by atoms with Gasteiger partial charge in [0.05, 0.1) is 32.3 Å². The summed E-state index contributed by atoms with van der Waals surface area (Å²) >= 11 is 0. The number of halogens is 3. The Morgan fingerprint density at radius 2 is 1.25 bits per heavy atom. The molecule has 3 nitrogen and oxygen atoms in total. The number of benzene rings is 1. The van der Waals surface area contributed by atoms with Crippen molar-refractivity contribution in [3.05, 3.63) is 29.8 Å². The van der Waals surface area contributed by atoms with Crippen LogP contribution in [0.4, 0.5) is 13.2 Å². The van der Waals surface area contributed by atoms with E-state index in [4.69, 9.17) is 4.74 Å². The Bertz CT molecular complexity index is 691. The molecule has 0 aliphatic rings. The highest BCUT2D eigenvalue weighted by Gasteiger charge is 2.40. The van der Waals surface area contributed by atoms with Crippen molar-refractivity contribution < 1.29 is 27.6 Å². The van der Waals surface area contributed by atoms with E-state index in [9.17, 15) is 18.0 Å². The van der Waals surface area contributed by atoms with Gasteiger partial charge in [0.2, 0.25) is 0 Å². The van der Waals surface area contributed by atoms with Gasteiger partial charge in [-0.25, -0.2) is 0 Å². The summed E-state index contributed by atoms with van der Waals surface area (Å²) in [6.45, 7) is 2.57. The van der Waals surface area contributed by atoms with Gasteiger partial charge in [-0.2, -0.15) is 13.2 Å². The van der Waals surface area contributed by atoms with Crippen LogP contribution in [0.3, 0.4) is 0 Å². The zero-order valence-corrected chi connectivity index (χ0v) is 23.1. The lowest BCUT2D eigenvalue weighted by Crippen LogP contribution is -3.10. The van der Waals surface area contributed by atoms with Gasteiger partial charge in [0.1, 0.15) is 5.75 Å². The zero-order valence-electron chi connectivity index (χ0n) is 23.1. The largest absolute Gasteiger partial charge is 0.493 e. The third kappa shape index (κ3) is 14.9. The average molecular weight is 515 g/mol. The molecule has 36 heavy (non-hydrogen) atoms. The molecule has 1 rings (SSSR count). The molecule has 0 saturated carbocycles. The average Bonchev–Trinajstić information content (AvgIpc) is 2.84. The van der Waals surface area contributed by atoms with Gasteiger partial charge in [-0.3, -0.25) is 4.79 Å². The van der Waals surface area contributed by atoms with E-state index in [-0.39, 0.29) is 5.75 Å². The predicted octanol–water partition coefficient (Wildman–Crippen LogP) is 7.98. The zero-order chi connectivity index (χ0) is 26.7. The van der Waals surface area contributed by atoms with Crippen LogP contribution in [0.5, 0.6) is 5.75 Å². The van der Waals surface area contributed by atoms with Gasteiger partial charge in [-0.05, 0) is 25.0 Å². The number of rotatable bonds is 22. The van der Waals surface area contributed by atoms with Crippen molar-refractivity contribution in [2.75, 3.05) is 20.7 Å². The van der Waals surface area contributed by atoms with Crippen molar-refractivity contribution in [3.8, 4) is 5.75 Å². The smallest absolute Gasteiger partial charge is 0.455 e. The van der Waals surface area contributed by atoms with E-state index in [1.165, 1.54) is 113 Å². The first-order valence-corrected chi connectivity index (χ1v) is 14.4. The molecule has 1 unspecified atom stereocenters. The van der Waals surface area contributed by atoms with Crippen LogP contribution in [0, 0.1) is 0 Å². The maximum Gasteiger partial charge on any atom is 0.455 e. The number of hydrogen-bond acceptors (Lipinski definition) is 2. The van der Waals surface area contributed by atoms with Crippen LogP contribution in [0.2, 0.25) is 0 Å². The third-order valence-electron chi connectivity index (χ3n) is 7.09. The molecule has 0 heterocycles. The van der Waals surface area contributed by atoms with Crippen molar-refractivity contribution in [2.45, 2.75) is 128 Å². The van der Waals surface area contributed by atoms with Gasteiger partial charge in [0.25, 0.3) is 5.78 Å². The fourth-order valence-electron chi connectivity index (χ4n) is 4.73. The lowest BCUT2D eigenvalue weighted by Gasteiger charge is -2.22. The number of Topliss-reactive ketones (excluding diaryl/α,β-unsaturated/α-hetero) is 1. The maximum atomic E-state index is 12.8. The second-order valence-corrected chi connectivity index (χ2v) is 10.5. The molecule has 1 aromatic rings. The second kappa shape index (κ2) is 19.5. The van der Waals surface area contributed by atoms with E-state index in [1.54, 1.807) is 6.07 Å². The second-order valence-electron chi connectivity index (χ2n) is 10.5. The van der Waals surface area contributed by atoms with E-state index < -0.39 is 17.5 Å². The van der Waals surface area contributed by atoms with Gasteiger partial charge in [-0.1, -0.05) is 109 Å². The molecule has 0 aliphatic heterocycles. The number of carbonyl (C=O) groups excluding carboxylic acids is 1. The molecule has 1 N–H and O–H groups in total. The molecule has 6 heteroatoms. The van der Waals surface area contributed by atoms with Gasteiger partial charge in [-0.15, -0.1) is 0 Å². The van der Waals surface area contributed by atoms with Crippen LogP contribution >= 0.6 is 0 Å². The van der Waals surface area contributed by atoms with Gasteiger partial charge < -0.3 is 9.64 Å². The van der Waals surface area contributed by atoms with Crippen LogP contribution in [0.1, 0.15) is 126 Å². The molecule has 1 atom stereocenters. The Hall–Kier alpha value is -1.56. The summed E-state index contributed by atoms with van der Waals surface area (Å²) in [4.78, 5) is 13.0. The van der Waals surface area contributed by atoms with Gasteiger partial charge in [0.15, 0.2) is 0 Å². The van der Waals surface area contributed by atoms with Crippen LogP contribution in [0.25, 0.3) is 0 Å². The standard InChI is InChI=1S/C30H50F3NO2/c1-4-5-6-7-8-9-10-11-12-13-14-15-16-17-18-21-26(34(2)3)24-25-36-28-23-20-19-22-27(28)29(35)30(31,32)33/h19-20,22-23,26H,4-18,21,24-25H2,1-3H3/p+1. The number of unbranched alkanes of at least 4 members (excludes halogenated alkanes) is 14. The monoisotopic (exact) mass is 514 g/mol. The summed E-state index contributed by atoms with van der Waals surface area (Å²) in [5.74, 6) is -1.84. The summed E-state index contributed by atoms with van der Waals surface area (Å²) in [6, 6.07) is 6.01. The summed E-state index contributed by atoms with van der Waals surface area (Å²) < 4.78 is 44.1. The first-order valence-electron chi connectivity index (χ1n) is 14.4. The molecule has 0 spiro atoms. The fraction of sp³-hybridized carbons (Fsp3) is 0.767. The minimum Gasteiger partial charge on any atom is -0.493 e. The lowest BCUT2D eigenvalue weighted by atomic mass is 10.0. The number of para-hydroxylation sites is 1. The first-order chi connectivity index (χ1) is 17.3. The summed E-state index contributed by atoms with van der Waals surface area (Å²) in [5.41, 5.74) is -0.416. The highest BCUT2D eigenvalue weighted by Crippen LogP contribution is 2.27. The van der Waals surface area contributed by atoms with Crippen molar-refractivity contribution in [2.24, 2.45) is 0 Å². The summed E-state index contributed by atoms with van der Waals surface area (Å²) in [5, 5.41) is 0. The maximum absolute atomic E-state index is 12.8. The predicted molar refractivity (Wildman–Crippen MR) is 143 cm³/mol. The van der Waals surface area contributed by atoms with Crippen molar-refractivity contribution in [3.63, 3.8) is 0 Å². The molecule has 0 aromatic heterocycles. The Balaban J connectivity index is 2.14. The minimum atomic E-state index is -4.90. The van der Waals surface area contributed by atoms with Crippen molar-refractivity contribution in [1.29, 1.82) is 0 Å². The van der Waals surface area contributed by atoms with E-state index in [0.717, 1.165) is 19.3 Å². The van der Waals surface area contributed by atoms with Crippen LogP contribution < -0.4 is 9.64 Å². The van der Waals surface area contributed by atoms with Gasteiger partial charge in [0, 0.05) is 6.42 Å². The molecule has 0 saturated heterocycles. The number of alkyl halides is 3. The first kappa shape index (κ1) is 32.5. The number of nitrogens with one attached hydrogen (secondary N) is 1. The van der Waals surface area contributed by atoms with Crippen LogP contribution in [-0.4, -0.2) is 38.7 Å². The van der Waals surface area contributed by atoms with E-state index in [0.29, 0.717) is 12.6 Å². The number of ether oxygens (including phenoxy) is 1. The molecule has 0 aliphatic carbocycles. The number of quaternary nitrogens is 1. The van der Waals surface area contributed by atoms with Crippen molar-refractivity contribution >= 4 is 5.78 Å². The molecule has 0 fully saturated rings. The summed E-state index contributed by atoms with van der Waals surface area (Å²) in [7, 11) is 4.22. The highest BCUT2D eigenvalue weighted by molar-refractivity contribution is 6.02. The highest BCUT2D eigenvalue weighted by atomic mass is 19.4. The molecular weight excluding hydrogens is 463 g/mol. The Morgan fingerprint density at radius 3 is 1.72 bits per heavy atom. The molecular formula is C30H51F3NO2+. The number of hydrogen-bond donors (Lipinski definition) is 1. The van der Waals surface area contributed by atoms with E-state index in [1.807, 2.05) is 0 Å². The Morgan fingerprint density at radius 1 is 0.778 bits per heavy atom.